The number of nitrogens with one attached hydrogen (secondary N) is 1. The van der Waals surface area contributed by atoms with Gasteiger partial charge in [-0.2, -0.15) is 0 Å². The van der Waals surface area contributed by atoms with Crippen LogP contribution in [0.4, 0.5) is 0 Å². The number of hydrogen-bond donors (Lipinski definition) is 1. The average molecular weight is 252 g/mol. The summed E-state index contributed by atoms with van der Waals surface area (Å²) in [5.74, 6) is 2.70. The molecule has 1 N–H and O–H groups in total. The Labute approximate surface area is 114 Å². The number of nitrogens with zero attached hydrogens (tertiary/aromatic N) is 1. The molecular formula is C16H32N2. The van der Waals surface area contributed by atoms with Crippen LogP contribution in [0.1, 0.15) is 53.4 Å². The molecule has 2 nitrogen and oxygen atoms in total. The smallest absolute Gasteiger partial charge is 0.00930 e. The molecule has 106 valence electrons. The quantitative estimate of drug-likeness (QED) is 0.827. The lowest BCUT2D eigenvalue weighted by Gasteiger charge is -2.34. The summed E-state index contributed by atoms with van der Waals surface area (Å²) in [6, 6.07) is 1.51. The van der Waals surface area contributed by atoms with Crippen molar-refractivity contribution in [2.75, 3.05) is 19.6 Å². The second kappa shape index (κ2) is 6.38. The third-order valence-corrected chi connectivity index (χ3v) is 5.15. The van der Waals surface area contributed by atoms with Crippen molar-refractivity contribution in [2.24, 2.45) is 17.8 Å². The van der Waals surface area contributed by atoms with E-state index in [0.717, 1.165) is 29.8 Å². The first-order valence-electron chi connectivity index (χ1n) is 8.03. The molecule has 4 unspecified atom stereocenters. The SMILES string of the molecule is CC1CCC(NCC2CCN(C(C)C)C2)C(C)C1. The van der Waals surface area contributed by atoms with Crippen LogP contribution in [0.25, 0.3) is 0 Å². The van der Waals surface area contributed by atoms with Crippen LogP contribution in [0.2, 0.25) is 0 Å². The molecule has 0 aromatic carbocycles. The second-order valence-electron chi connectivity index (χ2n) is 7.15. The van der Waals surface area contributed by atoms with E-state index in [1.54, 1.807) is 0 Å². The molecular weight excluding hydrogens is 220 g/mol. The van der Waals surface area contributed by atoms with E-state index in [1.807, 2.05) is 0 Å². The van der Waals surface area contributed by atoms with Crippen molar-refractivity contribution < 1.29 is 0 Å². The van der Waals surface area contributed by atoms with E-state index in [9.17, 15) is 0 Å². The zero-order valence-electron chi connectivity index (χ0n) is 12.8. The minimum atomic E-state index is 0.726. The van der Waals surface area contributed by atoms with Crippen molar-refractivity contribution in [3.05, 3.63) is 0 Å². The molecule has 2 rings (SSSR count). The van der Waals surface area contributed by atoms with Crippen molar-refractivity contribution in [1.29, 1.82) is 0 Å². The summed E-state index contributed by atoms with van der Waals surface area (Å²) in [5.41, 5.74) is 0. The molecule has 1 heterocycles. The highest BCUT2D eigenvalue weighted by atomic mass is 15.2. The summed E-state index contributed by atoms with van der Waals surface area (Å²) < 4.78 is 0. The van der Waals surface area contributed by atoms with Crippen LogP contribution >= 0.6 is 0 Å². The number of rotatable bonds is 4. The largest absolute Gasteiger partial charge is 0.313 e. The fourth-order valence-electron chi connectivity index (χ4n) is 3.78. The molecule has 18 heavy (non-hydrogen) atoms. The molecule has 0 spiro atoms. The summed E-state index contributed by atoms with van der Waals surface area (Å²) in [6.45, 7) is 13.3. The molecule has 2 aliphatic rings. The maximum atomic E-state index is 3.87. The van der Waals surface area contributed by atoms with Crippen LogP contribution in [0.15, 0.2) is 0 Å². The number of likely N-dealkylation sites (tertiary alicyclic amines) is 1. The van der Waals surface area contributed by atoms with Crippen LogP contribution in [0.3, 0.4) is 0 Å². The summed E-state index contributed by atoms with van der Waals surface area (Å²) >= 11 is 0. The monoisotopic (exact) mass is 252 g/mol. The topological polar surface area (TPSA) is 15.3 Å². The maximum Gasteiger partial charge on any atom is 0.00930 e. The van der Waals surface area contributed by atoms with E-state index >= 15 is 0 Å². The third kappa shape index (κ3) is 3.71. The van der Waals surface area contributed by atoms with Crippen LogP contribution in [-0.4, -0.2) is 36.6 Å². The van der Waals surface area contributed by atoms with Gasteiger partial charge in [-0.3, -0.25) is 0 Å². The van der Waals surface area contributed by atoms with Gasteiger partial charge in [-0.25, -0.2) is 0 Å². The minimum Gasteiger partial charge on any atom is -0.313 e. The number of hydrogen-bond acceptors (Lipinski definition) is 2. The molecule has 0 radical (unpaired) electrons. The first-order valence-corrected chi connectivity index (χ1v) is 8.03. The van der Waals surface area contributed by atoms with Gasteiger partial charge in [-0.05, 0) is 70.4 Å². The van der Waals surface area contributed by atoms with E-state index in [-0.39, 0.29) is 0 Å². The zero-order valence-corrected chi connectivity index (χ0v) is 12.8. The van der Waals surface area contributed by atoms with Crippen molar-refractivity contribution in [2.45, 2.75) is 65.5 Å². The lowest BCUT2D eigenvalue weighted by Crippen LogP contribution is -2.41. The lowest BCUT2D eigenvalue weighted by molar-refractivity contribution is 0.217. The van der Waals surface area contributed by atoms with Gasteiger partial charge >= 0.3 is 0 Å². The van der Waals surface area contributed by atoms with Gasteiger partial charge in [0, 0.05) is 18.6 Å². The van der Waals surface area contributed by atoms with Gasteiger partial charge in [-0.15, -0.1) is 0 Å². The second-order valence-corrected chi connectivity index (χ2v) is 7.15. The van der Waals surface area contributed by atoms with Crippen LogP contribution < -0.4 is 5.32 Å². The molecule has 1 saturated carbocycles. The van der Waals surface area contributed by atoms with Crippen LogP contribution in [0.5, 0.6) is 0 Å². The van der Waals surface area contributed by atoms with E-state index in [1.165, 1.54) is 45.3 Å². The molecule has 1 saturated heterocycles. The maximum absolute atomic E-state index is 3.87. The highest BCUT2D eigenvalue weighted by Crippen LogP contribution is 2.29. The molecule has 2 heteroatoms. The molecule has 4 atom stereocenters. The molecule has 0 aromatic heterocycles. The summed E-state index contributed by atoms with van der Waals surface area (Å²) in [6.07, 6.45) is 5.62. The Morgan fingerprint density at radius 2 is 1.94 bits per heavy atom. The first-order chi connectivity index (χ1) is 8.56. The predicted molar refractivity (Wildman–Crippen MR) is 78.8 cm³/mol. The normalized spacial score (nSPS) is 38.5. The van der Waals surface area contributed by atoms with Crippen LogP contribution in [0, 0.1) is 17.8 Å². The van der Waals surface area contributed by atoms with Crippen LogP contribution in [-0.2, 0) is 0 Å². The van der Waals surface area contributed by atoms with E-state index < -0.39 is 0 Å². The fraction of sp³-hybridized carbons (Fsp3) is 1.00. The molecule has 0 aromatic rings. The van der Waals surface area contributed by atoms with E-state index in [2.05, 4.69) is 37.9 Å². The van der Waals surface area contributed by atoms with Crippen molar-refractivity contribution in [3.63, 3.8) is 0 Å². The van der Waals surface area contributed by atoms with Gasteiger partial charge in [0.2, 0.25) is 0 Å². The predicted octanol–water partition coefficient (Wildman–Crippen LogP) is 3.13. The standard InChI is InChI=1S/C16H32N2/c1-12(2)18-8-7-15(11-18)10-17-16-6-5-13(3)9-14(16)4/h12-17H,5-11H2,1-4H3. The van der Waals surface area contributed by atoms with Crippen molar-refractivity contribution in [1.82, 2.24) is 10.2 Å². The Bertz CT molecular complexity index is 251. The van der Waals surface area contributed by atoms with Crippen molar-refractivity contribution in [3.8, 4) is 0 Å². The minimum absolute atomic E-state index is 0.726. The third-order valence-electron chi connectivity index (χ3n) is 5.15. The molecule has 0 bridgehead atoms. The Kier molecular flexibility index (Phi) is 5.08. The van der Waals surface area contributed by atoms with Gasteiger partial charge < -0.3 is 10.2 Å². The van der Waals surface area contributed by atoms with Gasteiger partial charge in [0.05, 0.1) is 0 Å². The Morgan fingerprint density at radius 1 is 1.17 bits per heavy atom. The van der Waals surface area contributed by atoms with Gasteiger partial charge in [-0.1, -0.05) is 13.8 Å². The summed E-state index contributed by atoms with van der Waals surface area (Å²) in [5, 5.41) is 3.87. The highest BCUT2D eigenvalue weighted by Gasteiger charge is 2.28. The zero-order chi connectivity index (χ0) is 13.1. The van der Waals surface area contributed by atoms with Gasteiger partial charge in [0.25, 0.3) is 0 Å². The highest BCUT2D eigenvalue weighted by molar-refractivity contribution is 4.84. The molecule has 1 aliphatic heterocycles. The molecule has 0 amide bonds. The Hall–Kier alpha value is -0.0800. The van der Waals surface area contributed by atoms with Gasteiger partial charge in [0.15, 0.2) is 0 Å². The van der Waals surface area contributed by atoms with Crippen molar-refractivity contribution >= 4 is 0 Å². The average Bonchev–Trinajstić information content (AvgIpc) is 2.76. The summed E-state index contributed by atoms with van der Waals surface area (Å²) in [7, 11) is 0. The molecule has 1 aliphatic carbocycles. The van der Waals surface area contributed by atoms with E-state index in [4.69, 9.17) is 0 Å². The first kappa shape index (κ1) is 14.3. The van der Waals surface area contributed by atoms with E-state index in [0.29, 0.717) is 0 Å². The lowest BCUT2D eigenvalue weighted by atomic mass is 9.80. The fourth-order valence-corrected chi connectivity index (χ4v) is 3.78. The van der Waals surface area contributed by atoms with Gasteiger partial charge in [0.1, 0.15) is 0 Å². The molecule has 2 fully saturated rings. The summed E-state index contributed by atoms with van der Waals surface area (Å²) in [4.78, 5) is 2.62. The Morgan fingerprint density at radius 3 is 2.56 bits per heavy atom. The Balaban J connectivity index is 1.69.